The summed E-state index contributed by atoms with van der Waals surface area (Å²) in [7, 11) is 0. The maximum absolute atomic E-state index is 12.6. The van der Waals surface area contributed by atoms with Crippen molar-refractivity contribution in [1.82, 2.24) is 10.6 Å². The second kappa shape index (κ2) is 11.4. The predicted molar refractivity (Wildman–Crippen MR) is 161 cm³/mol. The van der Waals surface area contributed by atoms with Crippen molar-refractivity contribution in [3.63, 3.8) is 0 Å². The van der Waals surface area contributed by atoms with Gasteiger partial charge in [-0.2, -0.15) is 0 Å². The number of carbonyl (C=O) groups is 1. The Kier molecular flexibility index (Phi) is 8.31. The fourth-order valence-electron chi connectivity index (χ4n) is 11.6. The first-order valence-corrected chi connectivity index (χ1v) is 17.6. The topological polar surface area (TPSA) is 59.6 Å². The number of urea groups is 1. The van der Waals surface area contributed by atoms with Crippen molar-refractivity contribution in [2.75, 3.05) is 13.2 Å². The second-order valence-corrected chi connectivity index (χ2v) is 16.0. The highest BCUT2D eigenvalue weighted by Gasteiger charge is 2.69. The van der Waals surface area contributed by atoms with Crippen LogP contribution in [0.15, 0.2) is 0 Å². The lowest BCUT2D eigenvalue weighted by molar-refractivity contribution is -0.273. The molecular weight excluding hydrogens is 496 g/mol. The maximum atomic E-state index is 12.6. The molecule has 0 aromatic rings. The second-order valence-electron chi connectivity index (χ2n) is 16.0. The van der Waals surface area contributed by atoms with E-state index < -0.39 is 0 Å². The molecule has 6 fully saturated rings. The van der Waals surface area contributed by atoms with Crippen molar-refractivity contribution in [3.8, 4) is 0 Å². The highest BCUT2D eigenvalue weighted by molar-refractivity contribution is 5.74. The SMILES string of the molecule is CCCCCCCNC(=O)N[C@H]1CC[C@@]2(C)[C@H](CC[C@@H]3[C@@H]2CC[C@]2(C)[C@@H]4[C@H](C[C@@H]32)O[C@]2(CC[C@@H](C)CO2)[C@H]4C)C1. The van der Waals surface area contributed by atoms with Crippen LogP contribution in [-0.4, -0.2) is 37.1 Å². The van der Waals surface area contributed by atoms with E-state index in [0.29, 0.717) is 40.7 Å². The zero-order valence-electron chi connectivity index (χ0n) is 26.4. The summed E-state index contributed by atoms with van der Waals surface area (Å²) in [6, 6.07) is 0.407. The molecule has 0 aromatic carbocycles. The number of rotatable bonds is 7. The summed E-state index contributed by atoms with van der Waals surface area (Å²) in [6.07, 6.45) is 19.2. The van der Waals surface area contributed by atoms with Crippen LogP contribution in [0.1, 0.15) is 131 Å². The molecule has 6 aliphatic rings. The van der Waals surface area contributed by atoms with Crippen LogP contribution >= 0.6 is 0 Å². The van der Waals surface area contributed by atoms with E-state index in [9.17, 15) is 4.79 Å². The van der Waals surface area contributed by atoms with Crippen molar-refractivity contribution >= 4 is 6.03 Å². The Morgan fingerprint density at radius 2 is 1.68 bits per heavy atom. The Hall–Kier alpha value is -0.810. The molecule has 1 spiro atoms. The molecule has 5 heteroatoms. The minimum absolute atomic E-state index is 0.0620. The highest BCUT2D eigenvalue weighted by atomic mass is 16.7. The smallest absolute Gasteiger partial charge is 0.315 e. The molecule has 2 heterocycles. The molecule has 4 saturated carbocycles. The third-order valence-corrected chi connectivity index (χ3v) is 13.8. The van der Waals surface area contributed by atoms with Gasteiger partial charge >= 0.3 is 6.03 Å². The van der Waals surface area contributed by atoms with Gasteiger partial charge in [-0.15, -0.1) is 0 Å². The van der Waals surface area contributed by atoms with Crippen LogP contribution in [0.25, 0.3) is 0 Å². The van der Waals surface area contributed by atoms with E-state index in [1.807, 2.05) is 0 Å². The zero-order chi connectivity index (χ0) is 28.1. The fourth-order valence-corrected chi connectivity index (χ4v) is 11.6. The van der Waals surface area contributed by atoms with Crippen LogP contribution in [0.3, 0.4) is 0 Å². The summed E-state index contributed by atoms with van der Waals surface area (Å²) in [5.74, 6) is 4.78. The Bertz CT molecular complexity index is 901. The number of fused-ring (bicyclic) bond motifs is 7. The molecular formula is C35H60N2O3. The van der Waals surface area contributed by atoms with E-state index in [4.69, 9.17) is 9.47 Å². The Morgan fingerprint density at radius 1 is 0.875 bits per heavy atom. The number of unbranched alkanes of at least 4 members (excludes halogenated alkanes) is 4. The van der Waals surface area contributed by atoms with Gasteiger partial charge in [0.1, 0.15) is 0 Å². The van der Waals surface area contributed by atoms with Crippen molar-refractivity contribution in [2.45, 2.75) is 149 Å². The normalized spacial score (nSPS) is 49.6. The summed E-state index contributed by atoms with van der Waals surface area (Å²) in [6.45, 7) is 14.0. The van der Waals surface area contributed by atoms with E-state index in [-0.39, 0.29) is 11.8 Å². The van der Waals surface area contributed by atoms with Crippen LogP contribution in [0.4, 0.5) is 4.79 Å². The molecule has 0 radical (unpaired) electrons. The highest BCUT2D eigenvalue weighted by Crippen LogP contribution is 2.71. The molecule has 0 aromatic heterocycles. The van der Waals surface area contributed by atoms with Gasteiger partial charge in [-0.1, -0.05) is 60.3 Å². The maximum Gasteiger partial charge on any atom is 0.315 e. The number of nitrogens with one attached hydrogen (secondary N) is 2. The molecule has 12 atom stereocenters. The average molecular weight is 557 g/mol. The largest absolute Gasteiger partial charge is 0.349 e. The number of amides is 2. The van der Waals surface area contributed by atoms with Gasteiger partial charge in [0.2, 0.25) is 0 Å². The minimum Gasteiger partial charge on any atom is -0.349 e. The molecule has 0 unspecified atom stereocenters. The summed E-state index contributed by atoms with van der Waals surface area (Å²) in [5, 5.41) is 6.51. The van der Waals surface area contributed by atoms with E-state index >= 15 is 0 Å². The average Bonchev–Trinajstić information content (AvgIpc) is 3.38. The van der Waals surface area contributed by atoms with E-state index in [1.165, 1.54) is 77.0 Å². The van der Waals surface area contributed by atoms with Crippen molar-refractivity contribution < 1.29 is 14.3 Å². The molecule has 228 valence electrons. The molecule has 5 nitrogen and oxygen atoms in total. The van der Waals surface area contributed by atoms with E-state index in [2.05, 4.69) is 45.3 Å². The number of ether oxygens (including phenoxy) is 2. The Labute approximate surface area is 245 Å². The first kappa shape index (κ1) is 29.3. The van der Waals surface area contributed by atoms with E-state index in [1.54, 1.807) is 0 Å². The lowest BCUT2D eigenvalue weighted by atomic mass is 9.44. The van der Waals surface area contributed by atoms with Crippen LogP contribution in [0, 0.1) is 52.3 Å². The van der Waals surface area contributed by atoms with Gasteiger partial charge in [-0.25, -0.2) is 4.79 Å². The molecule has 2 saturated heterocycles. The van der Waals surface area contributed by atoms with Gasteiger partial charge in [-0.3, -0.25) is 0 Å². The lowest BCUT2D eigenvalue weighted by Gasteiger charge is -2.61. The summed E-state index contributed by atoms with van der Waals surface area (Å²) in [4.78, 5) is 12.6. The van der Waals surface area contributed by atoms with Gasteiger partial charge < -0.3 is 20.1 Å². The quantitative estimate of drug-likeness (QED) is 0.312. The molecule has 2 N–H and O–H groups in total. The zero-order valence-corrected chi connectivity index (χ0v) is 26.4. The van der Waals surface area contributed by atoms with Crippen LogP contribution in [-0.2, 0) is 9.47 Å². The van der Waals surface area contributed by atoms with Gasteiger partial charge in [0.05, 0.1) is 12.7 Å². The van der Waals surface area contributed by atoms with E-state index in [0.717, 1.165) is 56.1 Å². The van der Waals surface area contributed by atoms with Crippen LogP contribution < -0.4 is 10.6 Å². The standard InChI is InChI=1S/C35H60N2O3/c1-6-7-8-9-10-19-36-32(38)37-26-14-16-33(4)25(20-26)11-12-27-28(33)15-17-34(5)29(27)21-30-31(34)24(3)35(40-30)18-13-23(2)22-39-35/h23-31H,6-22H2,1-5H3,(H2,36,37,38)/t23-,24+,25-,26+,27-,28+,29+,30+,31+,33+,34+,35-/m1/s1. The first-order chi connectivity index (χ1) is 19.2. The minimum atomic E-state index is -0.303. The molecule has 6 rings (SSSR count). The summed E-state index contributed by atoms with van der Waals surface area (Å²) in [5.41, 5.74) is 0.837. The molecule has 4 aliphatic carbocycles. The summed E-state index contributed by atoms with van der Waals surface area (Å²) < 4.78 is 13.5. The van der Waals surface area contributed by atoms with Gasteiger partial charge in [0, 0.05) is 24.9 Å². The molecule has 0 bridgehead atoms. The number of hydrogen-bond donors (Lipinski definition) is 2. The number of hydrogen-bond acceptors (Lipinski definition) is 3. The lowest BCUT2D eigenvalue weighted by Crippen LogP contribution is -2.56. The van der Waals surface area contributed by atoms with Crippen molar-refractivity contribution in [2.24, 2.45) is 52.3 Å². The fraction of sp³-hybridized carbons (Fsp3) is 0.971. The van der Waals surface area contributed by atoms with Gasteiger partial charge in [0.25, 0.3) is 0 Å². The van der Waals surface area contributed by atoms with Crippen LogP contribution in [0.5, 0.6) is 0 Å². The van der Waals surface area contributed by atoms with Crippen molar-refractivity contribution in [1.29, 1.82) is 0 Å². The molecule has 40 heavy (non-hydrogen) atoms. The van der Waals surface area contributed by atoms with Gasteiger partial charge in [-0.05, 0) is 111 Å². The third-order valence-electron chi connectivity index (χ3n) is 13.8. The molecule has 2 amide bonds. The third kappa shape index (κ3) is 4.95. The summed E-state index contributed by atoms with van der Waals surface area (Å²) >= 11 is 0. The number of carbonyl (C=O) groups excluding carboxylic acids is 1. The molecule has 2 aliphatic heterocycles. The first-order valence-electron chi connectivity index (χ1n) is 17.6. The van der Waals surface area contributed by atoms with Crippen LogP contribution in [0.2, 0.25) is 0 Å². The van der Waals surface area contributed by atoms with Gasteiger partial charge in [0.15, 0.2) is 5.79 Å². The van der Waals surface area contributed by atoms with Crippen molar-refractivity contribution in [3.05, 3.63) is 0 Å². The predicted octanol–water partition coefficient (Wildman–Crippen LogP) is 8.07. The Balaban J connectivity index is 1.05. The monoisotopic (exact) mass is 556 g/mol. The Morgan fingerprint density at radius 3 is 2.45 bits per heavy atom.